The number of unbranched alkanes of at least 4 members (excludes halogenated alkanes) is 3. The maximum atomic E-state index is 13.3. The number of aliphatic hydroxyl groups is 2. The van der Waals surface area contributed by atoms with Gasteiger partial charge in [0.25, 0.3) is 11.1 Å². The van der Waals surface area contributed by atoms with Crippen LogP contribution in [0.1, 0.15) is 150 Å². The van der Waals surface area contributed by atoms with Crippen LogP contribution in [0.5, 0.6) is 0 Å². The largest absolute Gasteiger partial charge is 0.481 e. The summed E-state index contributed by atoms with van der Waals surface area (Å²) < 4.78 is 14.0. The normalized spacial score (nSPS) is 18.0. The van der Waals surface area contributed by atoms with Crippen molar-refractivity contribution in [1.82, 2.24) is 70.4 Å². The van der Waals surface area contributed by atoms with Crippen LogP contribution in [0.2, 0.25) is 0 Å². The zero-order valence-corrected chi connectivity index (χ0v) is 84.1. The van der Waals surface area contributed by atoms with Crippen LogP contribution >= 0.6 is 35.3 Å². The Bertz CT molecular complexity index is 6640. The minimum Gasteiger partial charge on any atom is -0.481 e. The van der Waals surface area contributed by atoms with E-state index in [4.69, 9.17) is 26.0 Å². The maximum Gasteiger partial charge on any atom is 0.330 e. The molecule has 0 saturated carbocycles. The lowest BCUT2D eigenvalue weighted by Crippen LogP contribution is -2.42. The molecule has 11 aromatic rings. The van der Waals surface area contributed by atoms with Gasteiger partial charge in [0, 0.05) is 217 Å². The molecule has 0 unspecified atom stereocenters. The minimum atomic E-state index is -0.754. The number of carboxylic acid groups (broad SMARTS) is 1. The number of para-hydroxylation sites is 6. The second-order valence-electron chi connectivity index (χ2n) is 35.5. The zero-order valence-electron chi connectivity index (χ0n) is 81.7. The predicted molar refractivity (Wildman–Crippen MR) is 573 cm³/mol. The second-order valence-corrected chi connectivity index (χ2v) is 38.7. The van der Waals surface area contributed by atoms with Gasteiger partial charge in [-0.25, -0.2) is 9.59 Å². The maximum absolute atomic E-state index is 13.3. The van der Waals surface area contributed by atoms with Crippen molar-refractivity contribution < 1.29 is 58.4 Å². The molecule has 5 aromatic heterocycles. The molecule has 0 spiro atoms. The van der Waals surface area contributed by atoms with E-state index < -0.39 is 65.1 Å². The summed E-state index contributed by atoms with van der Waals surface area (Å²) in [5.74, 6) is -1.94. The van der Waals surface area contributed by atoms with Gasteiger partial charge < -0.3 is 72.2 Å². The lowest BCUT2D eigenvalue weighted by atomic mass is 10.1. The summed E-state index contributed by atoms with van der Waals surface area (Å²) in [5, 5.41) is 49.9. The third-order valence-corrected chi connectivity index (χ3v) is 28.6. The molecule has 6 atom stereocenters. The number of carbonyl (C=O) groups is 7. The molecular formula is C108H125N19O16S3. The number of rotatable bonds is 42. The quantitative estimate of drug-likeness (QED) is 0.00960. The first-order valence-corrected chi connectivity index (χ1v) is 52.0. The van der Waals surface area contributed by atoms with Gasteiger partial charge in [0.05, 0.1) is 84.2 Å². The summed E-state index contributed by atoms with van der Waals surface area (Å²) >= 11 is 5.26. The number of H-pyrrole nitrogens is 2. The van der Waals surface area contributed by atoms with Crippen molar-refractivity contribution in [1.29, 1.82) is 0 Å². The summed E-state index contributed by atoms with van der Waals surface area (Å²) in [6.45, 7) is 11.8. The molecule has 3 fully saturated rings. The number of benzene rings is 6. The second kappa shape index (κ2) is 54.4. The lowest BCUT2D eigenvalue weighted by Gasteiger charge is -2.23. The molecule has 35 nitrogen and oxygen atoms in total. The number of carboxylic acids is 1. The van der Waals surface area contributed by atoms with Gasteiger partial charge in [-0.15, -0.1) is 0 Å². The van der Waals surface area contributed by atoms with Gasteiger partial charge >= 0.3 is 17.3 Å². The average Bonchev–Trinajstić information content (AvgIpc) is 1.64. The number of ether oxygens (including phenoxy) is 2. The van der Waals surface area contributed by atoms with Gasteiger partial charge in [0.1, 0.15) is 12.5 Å². The zero-order chi connectivity index (χ0) is 103. The number of hydrogen-bond donors (Lipinski definition) is 12. The van der Waals surface area contributed by atoms with Gasteiger partial charge in [0.2, 0.25) is 35.4 Å². The first-order chi connectivity index (χ1) is 71.0. The van der Waals surface area contributed by atoms with E-state index in [0.29, 0.717) is 130 Å². The van der Waals surface area contributed by atoms with Gasteiger partial charge in [-0.1, -0.05) is 140 Å². The lowest BCUT2D eigenvalue weighted by molar-refractivity contribution is -0.137. The van der Waals surface area contributed by atoms with Crippen LogP contribution in [0.3, 0.4) is 0 Å². The fourth-order valence-electron chi connectivity index (χ4n) is 17.7. The number of pyridine rings is 3. The number of imide groups is 1. The number of nitrogens with two attached hydrogens (primary N) is 2. The van der Waals surface area contributed by atoms with Crippen LogP contribution in [0, 0.1) is 0 Å². The number of hydrogen-bond acceptors (Lipinski definition) is 28. The molecule has 14 N–H and O–H groups in total. The third kappa shape index (κ3) is 30.2. The van der Waals surface area contributed by atoms with Crippen molar-refractivity contribution in [2.45, 2.75) is 162 Å². The van der Waals surface area contributed by atoms with E-state index in [-0.39, 0.29) is 72.6 Å². The highest BCUT2D eigenvalue weighted by atomic mass is 32.2. The monoisotopic (exact) mass is 2040 g/mol. The molecule has 6 aliphatic rings. The van der Waals surface area contributed by atoms with E-state index in [1.165, 1.54) is 71.2 Å². The molecule has 3 saturated heterocycles. The minimum absolute atomic E-state index is 0.0476. The van der Waals surface area contributed by atoms with E-state index in [1.807, 2.05) is 110 Å². The summed E-state index contributed by atoms with van der Waals surface area (Å²) in [6.07, 6.45) is 24.2. The first kappa shape index (κ1) is 108. The van der Waals surface area contributed by atoms with E-state index >= 15 is 0 Å². The number of nitrogens with one attached hydrogen (secondary N) is 7. The number of aromatic nitrogens is 7. The number of nitrogens with zero attached hydrogens (tertiary/aromatic N) is 10. The number of aromatic amines is 2. The topological polar surface area (TPSA) is 475 Å². The Morgan fingerprint density at radius 3 is 1.11 bits per heavy atom. The number of aliphatic carboxylic acids is 1. The molecule has 6 aliphatic heterocycles. The van der Waals surface area contributed by atoms with Crippen LogP contribution in [0.15, 0.2) is 256 Å². The molecular weight excluding hydrogens is 1920 g/mol. The fourth-order valence-corrected chi connectivity index (χ4v) is 21.1. The van der Waals surface area contributed by atoms with Gasteiger partial charge in [0.15, 0.2) is 0 Å². The third-order valence-electron chi connectivity index (χ3n) is 25.2. The summed E-state index contributed by atoms with van der Waals surface area (Å²) in [6, 6.07) is 55.7. The van der Waals surface area contributed by atoms with Crippen molar-refractivity contribution in [3.05, 3.63) is 292 Å². The van der Waals surface area contributed by atoms with Crippen LogP contribution in [-0.4, -0.2) is 223 Å². The van der Waals surface area contributed by atoms with Crippen molar-refractivity contribution in [3.8, 4) is 0 Å². The van der Waals surface area contributed by atoms with Gasteiger partial charge in [-0.2, -0.15) is 0 Å². The van der Waals surface area contributed by atoms with Crippen molar-refractivity contribution >= 4 is 157 Å². The van der Waals surface area contributed by atoms with Crippen LogP contribution in [0.4, 0.5) is 17.1 Å². The van der Waals surface area contributed by atoms with Crippen LogP contribution in [-0.2, 0) is 43.0 Å². The Balaban J connectivity index is 0.000000211. The molecule has 6 aromatic carbocycles. The van der Waals surface area contributed by atoms with Crippen molar-refractivity contribution in [3.63, 3.8) is 0 Å². The van der Waals surface area contributed by atoms with E-state index in [9.17, 15) is 63.0 Å². The Morgan fingerprint density at radius 2 is 0.774 bits per heavy atom. The number of carbonyl (C=O) groups excluding carboxylic acids is 6. The molecule has 17 rings (SSSR count). The summed E-state index contributed by atoms with van der Waals surface area (Å²) in [5.41, 5.74) is 18.5. The first-order valence-electron chi connectivity index (χ1n) is 49.5. The molecule has 0 aliphatic carbocycles. The molecule has 766 valence electrons. The number of thioether (sulfide) groups is 3. The van der Waals surface area contributed by atoms with Crippen molar-refractivity contribution in [2.75, 3.05) is 113 Å². The Kier molecular flexibility index (Phi) is 40.2. The molecule has 146 heavy (non-hydrogen) atoms. The Hall–Kier alpha value is -13.8. The van der Waals surface area contributed by atoms with Crippen LogP contribution < -0.4 is 75.2 Å². The summed E-state index contributed by atoms with van der Waals surface area (Å²) in [7, 11) is 0. The molecule has 6 amide bonds. The average molecular weight is 2040 g/mol. The Labute approximate surface area is 857 Å². The number of amides is 6. The Morgan fingerprint density at radius 1 is 0.438 bits per heavy atom. The highest BCUT2D eigenvalue weighted by Crippen LogP contribution is 2.50. The predicted octanol–water partition coefficient (Wildman–Crippen LogP) is 11.7. The molecule has 0 bridgehead atoms. The van der Waals surface area contributed by atoms with E-state index in [2.05, 4.69) is 180 Å². The SMILES string of the molecule is CC[C@H]1O[C@@H](n2cc(/C=C/C(=O)NCCN(CCN)CCN)c(=O)[nH]c2=O)C[C@H]1O.CC[C@H]1O[C@@H](n2cc(/C=C/C(=O)NCCN(CCNC(=O)CCCCN3/C(=C/c4ccnc5ccccc45)Sc4ccccc43)CCNC(=O)CCCCN3/C(=C/c4ccnc5ccccc45)Sc4ccccc43)c(=O)[nH]c2=O)C[C@H]1O.O=C(O)CCCCN1/C(=C/c2ccnc3ccccc23)Sc2ccccc21.O=C1CCC(=O)N1. The fraction of sp³-hybridized carbons (Fsp3) is 0.352. The van der Waals surface area contributed by atoms with Gasteiger partial charge in [-0.05, 0) is 171 Å². The van der Waals surface area contributed by atoms with Crippen molar-refractivity contribution in [2.24, 2.45) is 11.5 Å². The van der Waals surface area contributed by atoms with E-state index in [1.54, 1.807) is 35.3 Å². The number of fused-ring (bicyclic) bond motifs is 6. The molecule has 0 radical (unpaired) electrons. The van der Waals surface area contributed by atoms with Crippen LogP contribution in [0.25, 0.3) is 63.1 Å². The summed E-state index contributed by atoms with van der Waals surface area (Å²) in [4.78, 5) is 165. The molecule has 38 heteroatoms. The smallest absolute Gasteiger partial charge is 0.330 e. The van der Waals surface area contributed by atoms with Gasteiger partial charge in [-0.3, -0.25) is 92.3 Å². The molecule has 11 heterocycles. The van der Waals surface area contributed by atoms with E-state index in [0.717, 1.165) is 110 Å². The number of anilines is 3. The highest BCUT2D eigenvalue weighted by molar-refractivity contribution is 8.04. The standard InChI is InChI=1S/C63H68N10O7S2.C22H20N2O2S.C19H32N6O5.C4H5NO2/c1-2-53-52(74)41-59(80-53)73-42-45(62(78)69-63(73)79)25-26-58(77)68-33-38-70(36-31-66-56(75)23-11-13-34-71-50-19-7-9-21-54(50)81-60(71)39-43-27-29-64-48-17-5-3-15-46(43)48)37-32-67-57(76)24-12-14-35-72-51-20-8-10-22-55(51)82-61(72)40-44-28-30-65-49-18-6-4-16-47(44)49;25-22(26)11-5-6-14-24-19-9-3-4-10-20(19)27-21(24)15-16-12-13-23-18-8-2-1-7-17(16)18;1-2-15-14(26)11-17(30-15)25-12-13(18(28)23-19(25)29)3-4-16(27)22-7-10-24(8-5-20)9-6-21;6-3-1-2-4(7)5-3/h3-10,15-22,25-30,39-40,42,52-53,59,74H,2,11-14,23-24,31-38,41H2,1H3,(H,66,75)(H,67,76)(H,68,77)(H,69,78,79);1-4,7-10,12-13,15H,5-6,11,14H2,(H,25,26);3-4,12,14-15,17,26H,2,5-11,20-21H2,1H3,(H,22,27)(H,23,28,29);1-2H2,(H,5,6,7)/b26-25+,60-39-,61-40-;21-15-;4-3+;/t52-,53-,59-;;14-,15-,17-;/m1.1./s1. The number of aliphatic hydroxyl groups excluding tert-OH is 2. The highest BCUT2D eigenvalue weighted by Gasteiger charge is 2.37.